The van der Waals surface area contributed by atoms with E-state index in [4.69, 9.17) is 5.11 Å². The van der Waals surface area contributed by atoms with Crippen LogP contribution in [0.2, 0.25) is 0 Å². The van der Waals surface area contributed by atoms with Crippen LogP contribution in [0.1, 0.15) is 23.0 Å². The van der Waals surface area contributed by atoms with Crippen LogP contribution in [0.4, 0.5) is 0 Å². The lowest BCUT2D eigenvalue weighted by Gasteiger charge is -1.96. The zero-order chi connectivity index (χ0) is 15.2. The largest absolute Gasteiger partial charge is 0.477 e. The first kappa shape index (κ1) is 14.9. The molecule has 2 N–H and O–H groups in total. The molecule has 0 fully saturated rings. The summed E-state index contributed by atoms with van der Waals surface area (Å²) in [5.74, 6) is 5.29. The summed E-state index contributed by atoms with van der Waals surface area (Å²) in [4.78, 5) is 21.5. The molecule has 0 aliphatic rings. The van der Waals surface area contributed by atoms with Crippen LogP contribution in [0.15, 0.2) is 30.3 Å². The van der Waals surface area contributed by atoms with Gasteiger partial charge in [0.1, 0.15) is 5.69 Å². The molecule has 0 aliphatic heterocycles. The highest BCUT2D eigenvalue weighted by Gasteiger charge is 2.08. The monoisotopic (exact) mass is 300 g/mol. The zero-order valence-electron chi connectivity index (χ0n) is 11.2. The summed E-state index contributed by atoms with van der Waals surface area (Å²) in [5.41, 5.74) is 2.26. The van der Waals surface area contributed by atoms with Crippen LogP contribution < -0.4 is 0 Å². The first-order chi connectivity index (χ1) is 10.1. The number of rotatable bonds is 3. The number of aromatic carboxylic acids is 1. The Bertz CT molecular complexity index is 723. The van der Waals surface area contributed by atoms with Gasteiger partial charge in [-0.15, -0.1) is 0 Å². The molecule has 2 aromatic rings. The van der Waals surface area contributed by atoms with Crippen molar-refractivity contribution in [2.45, 2.75) is 6.92 Å². The number of H-pyrrole nitrogens is 1. The van der Waals surface area contributed by atoms with E-state index >= 15 is 0 Å². The Balaban J connectivity index is 2.07. The van der Waals surface area contributed by atoms with Gasteiger partial charge in [0.2, 0.25) is 0 Å². The van der Waals surface area contributed by atoms with Gasteiger partial charge in [0.05, 0.1) is 11.4 Å². The van der Waals surface area contributed by atoms with Crippen molar-refractivity contribution < 1.29 is 14.7 Å². The maximum absolute atomic E-state index is 10.8. The first-order valence-electron chi connectivity index (χ1n) is 6.07. The summed E-state index contributed by atoms with van der Waals surface area (Å²) in [6.45, 7) is 1.51. The van der Waals surface area contributed by atoms with Crippen LogP contribution in [0.3, 0.4) is 0 Å². The maximum Gasteiger partial charge on any atom is 0.353 e. The predicted molar refractivity (Wildman–Crippen MR) is 81.0 cm³/mol. The van der Waals surface area contributed by atoms with Gasteiger partial charge in [-0.2, -0.15) is 5.10 Å². The molecule has 6 heteroatoms. The normalized spacial score (nSPS) is 9.76. The lowest BCUT2D eigenvalue weighted by atomic mass is 10.1. The van der Waals surface area contributed by atoms with E-state index in [1.54, 1.807) is 0 Å². The van der Waals surface area contributed by atoms with Gasteiger partial charge >= 0.3 is 5.97 Å². The van der Waals surface area contributed by atoms with Gasteiger partial charge in [-0.3, -0.25) is 9.89 Å². The number of benzene rings is 1. The van der Waals surface area contributed by atoms with E-state index in [1.165, 1.54) is 24.8 Å². The molecule has 2 rings (SSSR count). The molecule has 1 heterocycles. The number of thioether (sulfide) groups is 1. The van der Waals surface area contributed by atoms with Crippen molar-refractivity contribution >= 4 is 22.8 Å². The second kappa shape index (κ2) is 6.77. The van der Waals surface area contributed by atoms with Crippen molar-refractivity contribution in [1.82, 2.24) is 10.2 Å². The molecule has 0 saturated heterocycles. The van der Waals surface area contributed by atoms with Gasteiger partial charge in [-0.05, 0) is 18.2 Å². The van der Waals surface area contributed by atoms with Crippen molar-refractivity contribution in [1.29, 1.82) is 0 Å². The second-order valence-electron chi connectivity index (χ2n) is 4.13. The Labute approximate surface area is 125 Å². The van der Waals surface area contributed by atoms with E-state index < -0.39 is 5.97 Å². The number of carbonyl (C=O) groups excluding carboxylic acids is 1. The Morgan fingerprint density at radius 1 is 1.33 bits per heavy atom. The molecule has 1 aromatic carbocycles. The SMILES string of the molecule is CC(=O)SCC#Cc1ccc(-c2cc(C(=O)O)[nH]n2)cc1. The molecule has 0 radical (unpaired) electrons. The Morgan fingerprint density at radius 3 is 2.62 bits per heavy atom. The quantitative estimate of drug-likeness (QED) is 0.850. The summed E-state index contributed by atoms with van der Waals surface area (Å²) in [7, 11) is 0. The number of nitrogens with zero attached hydrogens (tertiary/aromatic N) is 1. The molecular formula is C15H12N2O3S. The van der Waals surface area contributed by atoms with Gasteiger partial charge in [0, 0.05) is 18.1 Å². The fourth-order valence-electron chi connectivity index (χ4n) is 1.58. The van der Waals surface area contributed by atoms with Crippen molar-refractivity contribution in [2.75, 3.05) is 5.75 Å². The number of carbonyl (C=O) groups is 2. The molecule has 1 aromatic heterocycles. The van der Waals surface area contributed by atoms with E-state index in [0.717, 1.165) is 11.1 Å². The molecule has 0 aliphatic carbocycles. The minimum Gasteiger partial charge on any atom is -0.477 e. The zero-order valence-corrected chi connectivity index (χ0v) is 12.0. The molecule has 0 amide bonds. The highest BCUT2D eigenvalue weighted by atomic mass is 32.2. The summed E-state index contributed by atoms with van der Waals surface area (Å²) in [5, 5.41) is 15.3. The summed E-state index contributed by atoms with van der Waals surface area (Å²) < 4.78 is 0. The molecule has 0 unspecified atom stereocenters. The molecule has 0 saturated carbocycles. The van der Waals surface area contributed by atoms with E-state index in [0.29, 0.717) is 11.4 Å². The fourth-order valence-corrected chi connectivity index (χ4v) is 1.93. The third-order valence-corrected chi connectivity index (χ3v) is 3.26. The van der Waals surface area contributed by atoms with Crippen LogP contribution in [-0.2, 0) is 4.79 Å². The minimum atomic E-state index is -1.04. The van der Waals surface area contributed by atoms with Gasteiger partial charge in [-0.1, -0.05) is 35.7 Å². The van der Waals surface area contributed by atoms with Crippen LogP contribution in [0, 0.1) is 11.8 Å². The first-order valence-corrected chi connectivity index (χ1v) is 7.06. The van der Waals surface area contributed by atoms with Crippen molar-refractivity contribution in [3.05, 3.63) is 41.6 Å². The van der Waals surface area contributed by atoms with Crippen LogP contribution in [0.5, 0.6) is 0 Å². The van der Waals surface area contributed by atoms with Crippen molar-refractivity contribution in [3.8, 4) is 23.1 Å². The molecule has 0 spiro atoms. The lowest BCUT2D eigenvalue weighted by molar-refractivity contribution is -0.109. The number of aromatic nitrogens is 2. The van der Waals surface area contributed by atoms with Crippen molar-refractivity contribution in [2.24, 2.45) is 0 Å². The molecule has 5 nitrogen and oxygen atoms in total. The van der Waals surface area contributed by atoms with Crippen molar-refractivity contribution in [3.63, 3.8) is 0 Å². The number of hydrogen-bond acceptors (Lipinski definition) is 4. The van der Waals surface area contributed by atoms with Crippen LogP contribution >= 0.6 is 11.8 Å². The summed E-state index contributed by atoms with van der Waals surface area (Å²) in [6, 6.07) is 8.78. The average molecular weight is 300 g/mol. The van der Waals surface area contributed by atoms with Crippen LogP contribution in [-0.4, -0.2) is 32.1 Å². The smallest absolute Gasteiger partial charge is 0.353 e. The maximum atomic E-state index is 10.8. The number of nitrogens with one attached hydrogen (secondary N) is 1. The fraction of sp³-hybridized carbons (Fsp3) is 0.133. The number of carboxylic acid groups (broad SMARTS) is 1. The minimum absolute atomic E-state index is 0.0485. The third-order valence-electron chi connectivity index (χ3n) is 2.57. The average Bonchev–Trinajstić information content (AvgIpc) is 2.94. The molecular weight excluding hydrogens is 288 g/mol. The number of aromatic amines is 1. The highest BCUT2D eigenvalue weighted by molar-refractivity contribution is 8.13. The van der Waals surface area contributed by atoms with Gasteiger partial charge < -0.3 is 5.11 Å². The molecule has 0 atom stereocenters. The van der Waals surface area contributed by atoms with E-state index in [2.05, 4.69) is 22.0 Å². The summed E-state index contributed by atoms with van der Waals surface area (Å²) >= 11 is 1.17. The van der Waals surface area contributed by atoms with Crippen LogP contribution in [0.25, 0.3) is 11.3 Å². The Hall–Kier alpha value is -2.52. The highest BCUT2D eigenvalue weighted by Crippen LogP contribution is 2.18. The van der Waals surface area contributed by atoms with E-state index in [9.17, 15) is 9.59 Å². The standard InChI is InChI=1S/C15H12N2O3S/c1-10(18)21-8-2-3-11-4-6-12(7-5-11)13-9-14(15(19)20)17-16-13/h4-7,9H,8H2,1H3,(H,16,17)(H,19,20). The Kier molecular flexibility index (Phi) is 4.80. The van der Waals surface area contributed by atoms with E-state index in [-0.39, 0.29) is 10.8 Å². The number of hydrogen-bond donors (Lipinski definition) is 2. The molecule has 21 heavy (non-hydrogen) atoms. The third kappa shape index (κ3) is 4.23. The number of carboxylic acids is 1. The second-order valence-corrected chi connectivity index (χ2v) is 5.28. The Morgan fingerprint density at radius 2 is 2.05 bits per heavy atom. The molecule has 0 bridgehead atoms. The molecule has 106 valence electrons. The lowest BCUT2D eigenvalue weighted by Crippen LogP contribution is -1.95. The van der Waals surface area contributed by atoms with Gasteiger partial charge in [0.25, 0.3) is 0 Å². The van der Waals surface area contributed by atoms with Gasteiger partial charge in [-0.25, -0.2) is 4.79 Å². The van der Waals surface area contributed by atoms with E-state index in [1.807, 2.05) is 24.3 Å². The summed E-state index contributed by atoms with van der Waals surface area (Å²) in [6.07, 6.45) is 0. The van der Waals surface area contributed by atoms with Gasteiger partial charge in [0.15, 0.2) is 5.12 Å². The topological polar surface area (TPSA) is 83.0 Å². The predicted octanol–water partition coefficient (Wildman–Crippen LogP) is 2.41.